The minimum Gasteiger partial charge on any atom is -0.297 e. The summed E-state index contributed by atoms with van der Waals surface area (Å²) in [5.74, 6) is 1.57. The van der Waals surface area contributed by atoms with E-state index in [1.807, 2.05) is 4.68 Å². The number of aromatic nitrogens is 3. The van der Waals surface area contributed by atoms with Gasteiger partial charge in [-0.25, -0.2) is 0 Å². The summed E-state index contributed by atoms with van der Waals surface area (Å²) in [6, 6.07) is 0. The minimum atomic E-state index is 0.676. The molecule has 0 aliphatic carbocycles. The molecular weight excluding hydrogens is 224 g/mol. The molecule has 18 heavy (non-hydrogen) atoms. The van der Waals surface area contributed by atoms with Crippen LogP contribution in [0, 0.1) is 11.8 Å². The van der Waals surface area contributed by atoms with Crippen molar-refractivity contribution in [2.45, 2.75) is 53.1 Å². The van der Waals surface area contributed by atoms with E-state index in [0.717, 1.165) is 24.7 Å². The first-order valence-electron chi connectivity index (χ1n) is 7.28. The summed E-state index contributed by atoms with van der Waals surface area (Å²) in [5, 5.41) is 8.51. The second kappa shape index (κ2) is 6.32. The SMILES string of the molecule is CCC(C)Cn1cc(CN2CCC(C)CC2)nn1. The van der Waals surface area contributed by atoms with Crippen molar-refractivity contribution in [3.63, 3.8) is 0 Å². The highest BCUT2D eigenvalue weighted by Crippen LogP contribution is 2.17. The van der Waals surface area contributed by atoms with Gasteiger partial charge in [0.25, 0.3) is 0 Å². The molecule has 102 valence electrons. The smallest absolute Gasteiger partial charge is 0.0967 e. The first kappa shape index (κ1) is 13.5. The van der Waals surface area contributed by atoms with Crippen LogP contribution in [-0.4, -0.2) is 33.0 Å². The van der Waals surface area contributed by atoms with E-state index in [0.29, 0.717) is 5.92 Å². The Labute approximate surface area is 110 Å². The fourth-order valence-corrected chi connectivity index (χ4v) is 2.40. The molecule has 1 aromatic rings. The fraction of sp³-hybridized carbons (Fsp3) is 0.857. The van der Waals surface area contributed by atoms with Gasteiger partial charge in [0.05, 0.1) is 5.69 Å². The van der Waals surface area contributed by atoms with Crippen molar-refractivity contribution in [2.24, 2.45) is 11.8 Å². The fourth-order valence-electron chi connectivity index (χ4n) is 2.40. The normalized spacial score (nSPS) is 20.2. The standard InChI is InChI=1S/C14H26N4/c1-4-12(2)9-18-11-14(15-16-18)10-17-7-5-13(3)6-8-17/h11-13H,4-10H2,1-3H3. The molecule has 4 nitrogen and oxygen atoms in total. The molecule has 0 spiro atoms. The summed E-state index contributed by atoms with van der Waals surface area (Å²) in [6.45, 7) is 11.2. The van der Waals surface area contributed by atoms with Crippen LogP contribution in [0.15, 0.2) is 6.20 Å². The highest BCUT2D eigenvalue weighted by Gasteiger charge is 2.16. The molecule has 1 aliphatic rings. The van der Waals surface area contributed by atoms with Crippen molar-refractivity contribution >= 4 is 0 Å². The van der Waals surface area contributed by atoms with E-state index in [1.54, 1.807) is 0 Å². The van der Waals surface area contributed by atoms with Gasteiger partial charge in [-0.1, -0.05) is 32.4 Å². The summed E-state index contributed by atoms with van der Waals surface area (Å²) in [6.07, 6.45) is 5.95. The second-order valence-corrected chi connectivity index (χ2v) is 5.90. The van der Waals surface area contributed by atoms with Gasteiger partial charge in [-0.3, -0.25) is 9.58 Å². The lowest BCUT2D eigenvalue weighted by atomic mass is 9.99. The van der Waals surface area contributed by atoms with Gasteiger partial charge < -0.3 is 0 Å². The first-order valence-corrected chi connectivity index (χ1v) is 7.28. The molecule has 1 fully saturated rings. The molecule has 1 aliphatic heterocycles. The number of piperidine rings is 1. The third-order valence-electron chi connectivity index (χ3n) is 4.04. The predicted octanol–water partition coefficient (Wildman–Crippen LogP) is 2.56. The molecular formula is C14H26N4. The lowest BCUT2D eigenvalue weighted by molar-refractivity contribution is 0.183. The van der Waals surface area contributed by atoms with Gasteiger partial charge in [-0.15, -0.1) is 5.10 Å². The van der Waals surface area contributed by atoms with Crippen LogP contribution in [0.4, 0.5) is 0 Å². The van der Waals surface area contributed by atoms with E-state index in [1.165, 1.54) is 32.4 Å². The zero-order valence-corrected chi connectivity index (χ0v) is 12.0. The quantitative estimate of drug-likeness (QED) is 0.805. The van der Waals surface area contributed by atoms with E-state index in [9.17, 15) is 0 Å². The monoisotopic (exact) mass is 250 g/mol. The summed E-state index contributed by atoms with van der Waals surface area (Å²) in [5.41, 5.74) is 1.12. The molecule has 1 aromatic heterocycles. The highest BCUT2D eigenvalue weighted by molar-refractivity contribution is 4.93. The van der Waals surface area contributed by atoms with Crippen LogP contribution in [0.1, 0.15) is 45.7 Å². The van der Waals surface area contributed by atoms with Gasteiger partial charge in [0.1, 0.15) is 0 Å². The average molecular weight is 250 g/mol. The van der Waals surface area contributed by atoms with Gasteiger partial charge in [0, 0.05) is 19.3 Å². The van der Waals surface area contributed by atoms with Crippen LogP contribution in [0.5, 0.6) is 0 Å². The van der Waals surface area contributed by atoms with Crippen LogP contribution < -0.4 is 0 Å². The molecule has 2 heterocycles. The van der Waals surface area contributed by atoms with Crippen LogP contribution in [0.25, 0.3) is 0 Å². The number of rotatable bonds is 5. The molecule has 1 atom stereocenters. The summed E-state index contributed by atoms with van der Waals surface area (Å²) in [7, 11) is 0. The maximum Gasteiger partial charge on any atom is 0.0967 e. The van der Waals surface area contributed by atoms with Crippen molar-refractivity contribution in [3.05, 3.63) is 11.9 Å². The lowest BCUT2D eigenvalue weighted by Crippen LogP contribution is -2.32. The van der Waals surface area contributed by atoms with Crippen LogP contribution in [0.3, 0.4) is 0 Å². The molecule has 4 heteroatoms. The van der Waals surface area contributed by atoms with Crippen molar-refractivity contribution in [1.29, 1.82) is 0 Å². The van der Waals surface area contributed by atoms with Gasteiger partial charge in [0.15, 0.2) is 0 Å². The molecule has 0 bridgehead atoms. The Morgan fingerprint density at radius 3 is 2.78 bits per heavy atom. The topological polar surface area (TPSA) is 34.0 Å². The molecule has 1 saturated heterocycles. The third kappa shape index (κ3) is 3.80. The molecule has 0 aromatic carbocycles. The summed E-state index contributed by atoms with van der Waals surface area (Å²) >= 11 is 0. The Kier molecular flexibility index (Phi) is 4.75. The van der Waals surface area contributed by atoms with E-state index in [2.05, 4.69) is 42.2 Å². The van der Waals surface area contributed by atoms with Crippen LogP contribution in [-0.2, 0) is 13.1 Å². The van der Waals surface area contributed by atoms with Crippen molar-refractivity contribution in [2.75, 3.05) is 13.1 Å². The maximum absolute atomic E-state index is 4.29. The van der Waals surface area contributed by atoms with Crippen LogP contribution >= 0.6 is 0 Å². The molecule has 0 amide bonds. The van der Waals surface area contributed by atoms with Gasteiger partial charge in [-0.2, -0.15) is 0 Å². The largest absolute Gasteiger partial charge is 0.297 e. The third-order valence-corrected chi connectivity index (χ3v) is 4.04. The molecule has 0 saturated carbocycles. The van der Waals surface area contributed by atoms with E-state index < -0.39 is 0 Å². The molecule has 0 radical (unpaired) electrons. The number of likely N-dealkylation sites (tertiary alicyclic amines) is 1. The second-order valence-electron chi connectivity index (χ2n) is 5.90. The average Bonchev–Trinajstić information content (AvgIpc) is 2.79. The lowest BCUT2D eigenvalue weighted by Gasteiger charge is -2.29. The van der Waals surface area contributed by atoms with E-state index in [4.69, 9.17) is 0 Å². The Morgan fingerprint density at radius 1 is 1.39 bits per heavy atom. The summed E-state index contributed by atoms with van der Waals surface area (Å²) < 4.78 is 2.00. The summed E-state index contributed by atoms with van der Waals surface area (Å²) in [4.78, 5) is 2.50. The Hall–Kier alpha value is -0.900. The predicted molar refractivity (Wildman–Crippen MR) is 73.2 cm³/mol. The van der Waals surface area contributed by atoms with Crippen molar-refractivity contribution in [3.8, 4) is 0 Å². The zero-order chi connectivity index (χ0) is 13.0. The van der Waals surface area contributed by atoms with Crippen LogP contribution in [0.2, 0.25) is 0 Å². The van der Waals surface area contributed by atoms with Gasteiger partial charge in [0.2, 0.25) is 0 Å². The Balaban J connectivity index is 1.83. The maximum atomic E-state index is 4.29. The Morgan fingerprint density at radius 2 is 2.11 bits per heavy atom. The number of hydrogen-bond donors (Lipinski definition) is 0. The zero-order valence-electron chi connectivity index (χ0n) is 12.0. The number of hydrogen-bond acceptors (Lipinski definition) is 3. The molecule has 1 unspecified atom stereocenters. The van der Waals surface area contributed by atoms with Gasteiger partial charge in [-0.05, 0) is 37.8 Å². The van der Waals surface area contributed by atoms with Gasteiger partial charge >= 0.3 is 0 Å². The first-order chi connectivity index (χ1) is 8.67. The van der Waals surface area contributed by atoms with Crippen molar-refractivity contribution < 1.29 is 0 Å². The number of nitrogens with zero attached hydrogens (tertiary/aromatic N) is 4. The van der Waals surface area contributed by atoms with Crippen molar-refractivity contribution in [1.82, 2.24) is 19.9 Å². The molecule has 2 rings (SSSR count). The Bertz CT molecular complexity index is 352. The minimum absolute atomic E-state index is 0.676. The molecule has 0 N–H and O–H groups in total. The van der Waals surface area contributed by atoms with E-state index in [-0.39, 0.29) is 0 Å². The van der Waals surface area contributed by atoms with E-state index >= 15 is 0 Å². The highest BCUT2D eigenvalue weighted by atomic mass is 15.4.